The van der Waals surface area contributed by atoms with Crippen LogP contribution in [0.1, 0.15) is 21.6 Å². The molecular formula is C24H19ClFN3O2. The monoisotopic (exact) mass is 435 g/mol. The number of amides is 1. The molecule has 3 aromatic carbocycles. The molecule has 31 heavy (non-hydrogen) atoms. The van der Waals surface area contributed by atoms with Crippen LogP contribution in [0.15, 0.2) is 85.1 Å². The zero-order chi connectivity index (χ0) is 21.6. The summed E-state index contributed by atoms with van der Waals surface area (Å²) in [4.78, 5) is 12.9. The minimum atomic E-state index is -0.399. The van der Waals surface area contributed by atoms with E-state index in [-0.39, 0.29) is 24.7 Å². The van der Waals surface area contributed by atoms with Crippen molar-refractivity contribution in [3.8, 4) is 11.4 Å². The standard InChI is InChI=1S/C24H19ClFN3O2/c25-21-9-5-4-8-18(21)14-27-24(30)23-22(31-16-17-6-2-1-3-7-17)15-29(28-23)20-12-10-19(26)11-13-20/h1-13,15H,14,16H2,(H,27,30). The molecule has 0 aliphatic carbocycles. The Morgan fingerprint density at radius 3 is 2.45 bits per heavy atom. The summed E-state index contributed by atoms with van der Waals surface area (Å²) in [7, 11) is 0. The highest BCUT2D eigenvalue weighted by Gasteiger charge is 2.19. The minimum Gasteiger partial charge on any atom is -0.485 e. The maximum absolute atomic E-state index is 13.3. The normalized spacial score (nSPS) is 10.6. The molecule has 5 nitrogen and oxygen atoms in total. The van der Waals surface area contributed by atoms with Crippen molar-refractivity contribution in [3.63, 3.8) is 0 Å². The Morgan fingerprint density at radius 1 is 1.00 bits per heavy atom. The van der Waals surface area contributed by atoms with Gasteiger partial charge in [0.2, 0.25) is 0 Å². The molecule has 4 aromatic rings. The van der Waals surface area contributed by atoms with Crippen molar-refractivity contribution in [2.75, 3.05) is 0 Å². The average molecular weight is 436 g/mol. The summed E-state index contributed by atoms with van der Waals surface area (Å²) in [5.41, 5.74) is 2.49. The number of carbonyl (C=O) groups excluding carboxylic acids is 1. The second-order valence-electron chi connectivity index (χ2n) is 6.81. The number of halogens is 2. The lowest BCUT2D eigenvalue weighted by Gasteiger charge is -2.08. The first-order chi connectivity index (χ1) is 15.1. The van der Waals surface area contributed by atoms with Crippen molar-refractivity contribution < 1.29 is 13.9 Å². The zero-order valence-corrected chi connectivity index (χ0v) is 17.2. The molecule has 1 heterocycles. The van der Waals surface area contributed by atoms with Crippen LogP contribution in [-0.2, 0) is 13.2 Å². The predicted octanol–water partition coefficient (Wildman–Crippen LogP) is 5.17. The molecule has 0 unspecified atom stereocenters. The molecule has 1 amide bonds. The van der Waals surface area contributed by atoms with Gasteiger partial charge in [-0.2, -0.15) is 5.10 Å². The Bertz CT molecular complexity index is 1180. The number of ether oxygens (including phenoxy) is 1. The average Bonchev–Trinajstić information content (AvgIpc) is 3.22. The molecule has 0 bridgehead atoms. The maximum Gasteiger partial charge on any atom is 0.275 e. The molecule has 0 radical (unpaired) electrons. The SMILES string of the molecule is O=C(NCc1ccccc1Cl)c1nn(-c2ccc(F)cc2)cc1OCc1ccccc1. The van der Waals surface area contributed by atoms with E-state index in [9.17, 15) is 9.18 Å². The number of nitrogens with one attached hydrogen (secondary N) is 1. The number of rotatable bonds is 7. The van der Waals surface area contributed by atoms with Gasteiger partial charge in [-0.05, 0) is 41.5 Å². The number of hydrogen-bond acceptors (Lipinski definition) is 3. The summed E-state index contributed by atoms with van der Waals surface area (Å²) < 4.78 is 20.7. The van der Waals surface area contributed by atoms with Crippen LogP contribution in [0.3, 0.4) is 0 Å². The summed E-state index contributed by atoms with van der Waals surface area (Å²) in [6.45, 7) is 0.529. The fourth-order valence-electron chi connectivity index (χ4n) is 2.98. The molecular weight excluding hydrogens is 417 g/mol. The van der Waals surface area contributed by atoms with E-state index in [1.165, 1.54) is 16.8 Å². The Kier molecular flexibility index (Phi) is 6.29. The fourth-order valence-corrected chi connectivity index (χ4v) is 3.19. The minimum absolute atomic E-state index is 0.132. The number of aromatic nitrogens is 2. The summed E-state index contributed by atoms with van der Waals surface area (Å²) in [6.07, 6.45) is 1.61. The Hall–Kier alpha value is -3.64. The molecule has 0 saturated heterocycles. The highest BCUT2D eigenvalue weighted by Crippen LogP contribution is 2.22. The fraction of sp³-hybridized carbons (Fsp3) is 0.0833. The Morgan fingerprint density at radius 2 is 1.71 bits per heavy atom. The first-order valence-electron chi connectivity index (χ1n) is 9.64. The molecule has 0 aliphatic rings. The van der Waals surface area contributed by atoms with Crippen LogP contribution in [0.2, 0.25) is 5.02 Å². The van der Waals surface area contributed by atoms with E-state index in [1.807, 2.05) is 48.5 Å². The van der Waals surface area contributed by atoms with Crippen LogP contribution in [0, 0.1) is 5.82 Å². The van der Waals surface area contributed by atoms with Crippen LogP contribution in [0.4, 0.5) is 4.39 Å². The van der Waals surface area contributed by atoms with Gasteiger partial charge in [-0.25, -0.2) is 9.07 Å². The number of carbonyl (C=O) groups is 1. The van der Waals surface area contributed by atoms with E-state index in [0.717, 1.165) is 11.1 Å². The summed E-state index contributed by atoms with van der Waals surface area (Å²) in [5.74, 6) is -0.428. The molecule has 0 fully saturated rings. The second-order valence-corrected chi connectivity index (χ2v) is 7.22. The van der Waals surface area contributed by atoms with Crippen molar-refractivity contribution in [1.29, 1.82) is 0 Å². The molecule has 4 rings (SSSR count). The molecule has 0 spiro atoms. The molecule has 0 aliphatic heterocycles. The lowest BCUT2D eigenvalue weighted by Crippen LogP contribution is -2.24. The smallest absolute Gasteiger partial charge is 0.275 e. The third-order valence-corrected chi connectivity index (χ3v) is 4.99. The van der Waals surface area contributed by atoms with Crippen molar-refractivity contribution in [2.24, 2.45) is 0 Å². The van der Waals surface area contributed by atoms with E-state index in [0.29, 0.717) is 16.5 Å². The van der Waals surface area contributed by atoms with Gasteiger partial charge >= 0.3 is 0 Å². The van der Waals surface area contributed by atoms with Crippen molar-refractivity contribution in [1.82, 2.24) is 15.1 Å². The molecule has 0 saturated carbocycles. The summed E-state index contributed by atoms with van der Waals surface area (Å²) in [6, 6.07) is 22.7. The van der Waals surface area contributed by atoms with Gasteiger partial charge in [0.15, 0.2) is 11.4 Å². The van der Waals surface area contributed by atoms with Gasteiger partial charge in [0.25, 0.3) is 5.91 Å². The van der Waals surface area contributed by atoms with Gasteiger partial charge in [0, 0.05) is 11.6 Å². The lowest BCUT2D eigenvalue weighted by molar-refractivity contribution is 0.0941. The van der Waals surface area contributed by atoms with Crippen LogP contribution in [0.25, 0.3) is 5.69 Å². The Balaban J connectivity index is 1.58. The van der Waals surface area contributed by atoms with Crippen LogP contribution in [-0.4, -0.2) is 15.7 Å². The topological polar surface area (TPSA) is 56.2 Å². The number of benzene rings is 3. The summed E-state index contributed by atoms with van der Waals surface area (Å²) in [5, 5.41) is 7.78. The molecule has 1 N–H and O–H groups in total. The Labute approximate surface area is 184 Å². The highest BCUT2D eigenvalue weighted by atomic mass is 35.5. The van der Waals surface area contributed by atoms with E-state index >= 15 is 0 Å². The van der Waals surface area contributed by atoms with Gasteiger partial charge in [-0.3, -0.25) is 4.79 Å². The van der Waals surface area contributed by atoms with Crippen LogP contribution >= 0.6 is 11.6 Å². The third-order valence-electron chi connectivity index (χ3n) is 4.62. The first-order valence-corrected chi connectivity index (χ1v) is 10.0. The van der Waals surface area contributed by atoms with E-state index in [4.69, 9.17) is 16.3 Å². The second kappa shape index (κ2) is 9.45. The third kappa shape index (κ3) is 5.10. The van der Waals surface area contributed by atoms with Gasteiger partial charge in [-0.1, -0.05) is 60.1 Å². The number of nitrogens with zero attached hydrogens (tertiary/aromatic N) is 2. The maximum atomic E-state index is 13.3. The van der Waals surface area contributed by atoms with E-state index in [2.05, 4.69) is 10.4 Å². The van der Waals surface area contributed by atoms with Gasteiger partial charge in [-0.15, -0.1) is 0 Å². The van der Waals surface area contributed by atoms with Crippen molar-refractivity contribution in [2.45, 2.75) is 13.2 Å². The predicted molar refractivity (Wildman–Crippen MR) is 117 cm³/mol. The molecule has 1 aromatic heterocycles. The van der Waals surface area contributed by atoms with Gasteiger partial charge < -0.3 is 10.1 Å². The van der Waals surface area contributed by atoms with Crippen molar-refractivity contribution in [3.05, 3.63) is 113 Å². The first kappa shape index (κ1) is 20.6. The quantitative estimate of drug-likeness (QED) is 0.435. The number of hydrogen-bond donors (Lipinski definition) is 1. The molecule has 156 valence electrons. The van der Waals surface area contributed by atoms with Crippen LogP contribution < -0.4 is 10.1 Å². The lowest BCUT2D eigenvalue weighted by atomic mass is 10.2. The molecule has 7 heteroatoms. The zero-order valence-electron chi connectivity index (χ0n) is 16.5. The summed E-state index contributed by atoms with van der Waals surface area (Å²) >= 11 is 6.17. The van der Waals surface area contributed by atoms with E-state index in [1.54, 1.807) is 24.4 Å². The van der Waals surface area contributed by atoms with E-state index < -0.39 is 5.91 Å². The highest BCUT2D eigenvalue weighted by molar-refractivity contribution is 6.31. The van der Waals surface area contributed by atoms with Crippen molar-refractivity contribution >= 4 is 17.5 Å². The van der Waals surface area contributed by atoms with Gasteiger partial charge in [0.1, 0.15) is 12.4 Å². The van der Waals surface area contributed by atoms with Gasteiger partial charge in [0.05, 0.1) is 11.9 Å². The largest absolute Gasteiger partial charge is 0.485 e. The van der Waals surface area contributed by atoms with Crippen LogP contribution in [0.5, 0.6) is 5.75 Å². The molecule has 0 atom stereocenters.